The van der Waals surface area contributed by atoms with Crippen molar-refractivity contribution in [1.82, 2.24) is 4.90 Å². The lowest BCUT2D eigenvalue weighted by molar-refractivity contribution is -0.138. The summed E-state index contributed by atoms with van der Waals surface area (Å²) in [6.07, 6.45) is 6.67. The number of nitrogens with zero attached hydrogens (tertiary/aromatic N) is 1. The number of carbonyl (C=O) groups is 1. The van der Waals surface area contributed by atoms with Gasteiger partial charge in [0.05, 0.1) is 6.10 Å². The van der Waals surface area contributed by atoms with Crippen LogP contribution in [0.1, 0.15) is 44.9 Å². The van der Waals surface area contributed by atoms with Crippen LogP contribution < -0.4 is 0 Å². The summed E-state index contributed by atoms with van der Waals surface area (Å²) in [7, 11) is 0. The maximum Gasteiger partial charge on any atom is 0.225 e. The predicted molar refractivity (Wildman–Crippen MR) is 76.2 cm³/mol. The van der Waals surface area contributed by atoms with Crippen LogP contribution in [0.25, 0.3) is 0 Å². The van der Waals surface area contributed by atoms with Crippen molar-refractivity contribution < 1.29 is 14.6 Å². The molecule has 4 nitrogen and oxygen atoms in total. The fraction of sp³-hybridized carbons (Fsp3) is 0.938. The van der Waals surface area contributed by atoms with Crippen molar-refractivity contribution in [2.24, 2.45) is 17.8 Å². The summed E-state index contributed by atoms with van der Waals surface area (Å²) in [5.41, 5.74) is 0. The van der Waals surface area contributed by atoms with E-state index in [0.717, 1.165) is 76.7 Å². The number of ether oxygens (including phenoxy) is 1. The lowest BCUT2D eigenvalue weighted by atomic mass is 9.82. The standard InChI is InChI=1S/C16H27NO3/c18-15-3-1-13(2-4-15)16(19)17-8-5-12(6-9-17)14-7-10-20-11-14/h12-15,18H,1-11H2. The first kappa shape index (κ1) is 14.3. The quantitative estimate of drug-likeness (QED) is 0.840. The Balaban J connectivity index is 1.46. The van der Waals surface area contributed by atoms with Crippen LogP contribution in [0, 0.1) is 17.8 Å². The zero-order chi connectivity index (χ0) is 13.9. The highest BCUT2D eigenvalue weighted by molar-refractivity contribution is 5.79. The van der Waals surface area contributed by atoms with Gasteiger partial charge in [-0.1, -0.05) is 0 Å². The molecule has 0 radical (unpaired) electrons. The van der Waals surface area contributed by atoms with Crippen LogP contribution in [-0.2, 0) is 9.53 Å². The molecule has 20 heavy (non-hydrogen) atoms. The van der Waals surface area contributed by atoms with E-state index in [2.05, 4.69) is 4.90 Å². The predicted octanol–water partition coefficient (Wildman–Crippen LogP) is 1.81. The van der Waals surface area contributed by atoms with Gasteiger partial charge in [0.2, 0.25) is 5.91 Å². The van der Waals surface area contributed by atoms with Gasteiger partial charge in [0, 0.05) is 32.2 Å². The normalized spacial score (nSPS) is 36.2. The van der Waals surface area contributed by atoms with E-state index in [4.69, 9.17) is 4.74 Å². The third kappa shape index (κ3) is 3.17. The Bertz CT molecular complexity index is 325. The molecule has 1 N–H and O–H groups in total. The second kappa shape index (κ2) is 6.44. The molecule has 0 aromatic heterocycles. The first-order valence-electron chi connectivity index (χ1n) is 8.28. The molecule has 2 heterocycles. The van der Waals surface area contributed by atoms with Crippen LogP contribution in [0.5, 0.6) is 0 Å². The van der Waals surface area contributed by atoms with E-state index in [9.17, 15) is 9.90 Å². The number of carbonyl (C=O) groups excluding carboxylic acids is 1. The minimum Gasteiger partial charge on any atom is -0.393 e. The van der Waals surface area contributed by atoms with Gasteiger partial charge in [-0.15, -0.1) is 0 Å². The molecule has 1 unspecified atom stereocenters. The van der Waals surface area contributed by atoms with E-state index in [1.165, 1.54) is 6.42 Å². The van der Waals surface area contributed by atoms with E-state index < -0.39 is 0 Å². The molecule has 0 aromatic carbocycles. The van der Waals surface area contributed by atoms with Gasteiger partial charge in [-0.25, -0.2) is 0 Å². The zero-order valence-electron chi connectivity index (χ0n) is 12.3. The molecular weight excluding hydrogens is 254 g/mol. The second-order valence-corrected chi connectivity index (χ2v) is 6.79. The summed E-state index contributed by atoms with van der Waals surface area (Å²) >= 11 is 0. The highest BCUT2D eigenvalue weighted by atomic mass is 16.5. The Labute approximate surface area is 121 Å². The van der Waals surface area contributed by atoms with Gasteiger partial charge >= 0.3 is 0 Å². The number of piperidine rings is 1. The van der Waals surface area contributed by atoms with Gasteiger partial charge in [-0.2, -0.15) is 0 Å². The molecular formula is C16H27NO3. The van der Waals surface area contributed by atoms with Gasteiger partial charge < -0.3 is 14.7 Å². The average Bonchev–Trinajstić information content (AvgIpc) is 3.02. The van der Waals surface area contributed by atoms with Gasteiger partial charge in [0.25, 0.3) is 0 Å². The summed E-state index contributed by atoms with van der Waals surface area (Å²) in [6.45, 7) is 3.71. The molecule has 1 atom stereocenters. The lowest BCUT2D eigenvalue weighted by Crippen LogP contribution is -2.44. The highest BCUT2D eigenvalue weighted by Crippen LogP contribution is 2.32. The third-order valence-electron chi connectivity index (χ3n) is 5.53. The molecule has 1 aliphatic carbocycles. The maximum atomic E-state index is 12.5. The van der Waals surface area contributed by atoms with Crippen molar-refractivity contribution in [1.29, 1.82) is 0 Å². The number of rotatable bonds is 2. The Morgan fingerprint density at radius 3 is 2.25 bits per heavy atom. The van der Waals surface area contributed by atoms with Gasteiger partial charge in [0.15, 0.2) is 0 Å². The second-order valence-electron chi connectivity index (χ2n) is 6.79. The smallest absolute Gasteiger partial charge is 0.225 e. The molecule has 0 bridgehead atoms. The lowest BCUT2D eigenvalue weighted by Gasteiger charge is -2.37. The Hall–Kier alpha value is -0.610. The summed E-state index contributed by atoms with van der Waals surface area (Å²) in [6, 6.07) is 0. The van der Waals surface area contributed by atoms with Gasteiger partial charge in [-0.05, 0) is 56.8 Å². The Morgan fingerprint density at radius 1 is 0.950 bits per heavy atom. The average molecular weight is 281 g/mol. The summed E-state index contributed by atoms with van der Waals surface area (Å²) < 4.78 is 5.49. The van der Waals surface area contributed by atoms with Crippen LogP contribution in [0.15, 0.2) is 0 Å². The number of hydrogen-bond acceptors (Lipinski definition) is 3. The fourth-order valence-electron chi connectivity index (χ4n) is 4.10. The molecule has 2 aliphatic heterocycles. The van der Waals surface area contributed by atoms with E-state index in [1.54, 1.807) is 0 Å². The van der Waals surface area contributed by atoms with Crippen molar-refractivity contribution in [3.8, 4) is 0 Å². The molecule has 4 heteroatoms. The molecule has 3 rings (SSSR count). The largest absolute Gasteiger partial charge is 0.393 e. The fourth-order valence-corrected chi connectivity index (χ4v) is 4.10. The van der Waals surface area contributed by atoms with Crippen molar-refractivity contribution >= 4 is 5.91 Å². The minimum atomic E-state index is -0.174. The topological polar surface area (TPSA) is 49.8 Å². The van der Waals surface area contributed by atoms with Crippen LogP contribution in [-0.4, -0.2) is 48.3 Å². The monoisotopic (exact) mass is 281 g/mol. The Kier molecular flexibility index (Phi) is 4.61. The van der Waals surface area contributed by atoms with Gasteiger partial charge in [0.1, 0.15) is 0 Å². The third-order valence-corrected chi connectivity index (χ3v) is 5.53. The number of likely N-dealkylation sites (tertiary alicyclic amines) is 1. The molecule has 3 fully saturated rings. The minimum absolute atomic E-state index is 0.171. The molecule has 2 saturated heterocycles. The molecule has 0 spiro atoms. The van der Waals surface area contributed by atoms with E-state index >= 15 is 0 Å². The maximum absolute atomic E-state index is 12.5. The van der Waals surface area contributed by atoms with Crippen molar-refractivity contribution in [3.63, 3.8) is 0 Å². The molecule has 3 aliphatic rings. The van der Waals surface area contributed by atoms with E-state index in [-0.39, 0.29) is 12.0 Å². The Morgan fingerprint density at radius 2 is 1.65 bits per heavy atom. The van der Waals surface area contributed by atoms with E-state index in [0.29, 0.717) is 5.91 Å². The number of amides is 1. The SMILES string of the molecule is O=C(C1CCC(O)CC1)N1CCC(C2CCOC2)CC1. The van der Waals surface area contributed by atoms with Crippen molar-refractivity contribution in [3.05, 3.63) is 0 Å². The first-order chi connectivity index (χ1) is 9.74. The van der Waals surface area contributed by atoms with Crippen LogP contribution >= 0.6 is 0 Å². The van der Waals surface area contributed by atoms with E-state index in [1.807, 2.05) is 0 Å². The summed E-state index contributed by atoms with van der Waals surface area (Å²) in [4.78, 5) is 14.6. The van der Waals surface area contributed by atoms with Crippen LogP contribution in [0.2, 0.25) is 0 Å². The number of aliphatic hydroxyl groups excluding tert-OH is 1. The summed E-state index contributed by atoms with van der Waals surface area (Å²) in [5, 5.41) is 9.54. The number of hydrogen-bond donors (Lipinski definition) is 1. The first-order valence-corrected chi connectivity index (χ1v) is 8.28. The summed E-state index contributed by atoms with van der Waals surface area (Å²) in [5.74, 6) is 2.01. The molecule has 114 valence electrons. The molecule has 0 aromatic rings. The highest BCUT2D eigenvalue weighted by Gasteiger charge is 2.33. The van der Waals surface area contributed by atoms with Crippen LogP contribution in [0.4, 0.5) is 0 Å². The van der Waals surface area contributed by atoms with Crippen LogP contribution in [0.3, 0.4) is 0 Å². The number of aliphatic hydroxyl groups is 1. The van der Waals surface area contributed by atoms with Gasteiger partial charge in [-0.3, -0.25) is 4.79 Å². The zero-order valence-corrected chi connectivity index (χ0v) is 12.3. The molecule has 1 saturated carbocycles. The molecule has 1 amide bonds. The van der Waals surface area contributed by atoms with Crippen molar-refractivity contribution in [2.75, 3.05) is 26.3 Å². The van der Waals surface area contributed by atoms with Crippen molar-refractivity contribution in [2.45, 2.75) is 51.0 Å².